The lowest BCUT2D eigenvalue weighted by atomic mass is 10.6. The average molecular weight is 199 g/mol. The quantitative estimate of drug-likeness (QED) is 0.715. The van der Waals surface area contributed by atoms with Crippen molar-refractivity contribution in [2.45, 2.75) is 6.92 Å². The summed E-state index contributed by atoms with van der Waals surface area (Å²) < 4.78 is 5.10. The summed E-state index contributed by atoms with van der Waals surface area (Å²) >= 11 is 6.26. The monoisotopic (exact) mass is 199 g/mol. The number of nitrogens with zero attached hydrogens (tertiary/aromatic N) is 2. The van der Waals surface area contributed by atoms with Crippen LogP contribution in [0.3, 0.4) is 0 Å². The summed E-state index contributed by atoms with van der Waals surface area (Å²) in [6.07, 6.45) is 1.72. The van der Waals surface area contributed by atoms with Crippen molar-refractivity contribution in [2.75, 3.05) is 0 Å². The van der Waals surface area contributed by atoms with Gasteiger partial charge in [-0.15, -0.1) is 16.4 Å². The summed E-state index contributed by atoms with van der Waals surface area (Å²) in [6, 6.07) is 0. The van der Waals surface area contributed by atoms with E-state index < -0.39 is 0 Å². The number of aromatic nitrogens is 3. The zero-order chi connectivity index (χ0) is 8.55. The first-order chi connectivity index (χ1) is 5.75. The van der Waals surface area contributed by atoms with Crippen LogP contribution < -0.4 is 0 Å². The van der Waals surface area contributed by atoms with Gasteiger partial charge < -0.3 is 4.42 Å². The van der Waals surface area contributed by atoms with E-state index in [4.69, 9.17) is 16.6 Å². The van der Waals surface area contributed by atoms with Gasteiger partial charge in [0, 0.05) is 0 Å². The fraction of sp³-hybridized carbons (Fsp3) is 0.167. The van der Waals surface area contributed by atoms with E-state index in [2.05, 4.69) is 15.2 Å². The maximum Gasteiger partial charge on any atom is 0.284 e. The Morgan fingerprint density at radius 1 is 1.67 bits per heavy atom. The molecule has 0 unspecified atom stereocenters. The molecule has 2 rings (SSSR count). The molecule has 2 aromatic rings. The van der Waals surface area contributed by atoms with E-state index in [9.17, 15) is 0 Å². The third-order valence-electron chi connectivity index (χ3n) is 1.27. The highest BCUT2D eigenvalue weighted by Gasteiger charge is 2.06. The molecule has 0 aliphatic heterocycles. The number of H-pyrrole nitrogens is 1. The van der Waals surface area contributed by atoms with Crippen LogP contribution in [0.1, 0.15) is 5.01 Å². The van der Waals surface area contributed by atoms with Crippen molar-refractivity contribution in [2.24, 2.45) is 0 Å². The van der Waals surface area contributed by atoms with Crippen LogP contribution in [0.25, 0.3) is 10.8 Å². The molecule has 0 radical (unpaired) electrons. The Labute approximate surface area is 77.3 Å². The molecule has 0 aromatic carbocycles. The van der Waals surface area contributed by atoms with E-state index in [1.165, 1.54) is 11.3 Å². The lowest BCUT2D eigenvalue weighted by Gasteiger charge is -1.80. The molecule has 0 amide bonds. The summed E-state index contributed by atoms with van der Waals surface area (Å²) in [4.78, 5) is 5.25. The molecule has 0 spiro atoms. The molecule has 1 N–H and O–H groups in total. The number of rotatable bonds is 1. The van der Waals surface area contributed by atoms with Crippen LogP contribution in [-0.4, -0.2) is 15.2 Å². The van der Waals surface area contributed by atoms with E-state index in [1.807, 2.05) is 6.92 Å². The zero-order valence-corrected chi connectivity index (χ0v) is 7.83. The van der Waals surface area contributed by atoms with E-state index in [-0.39, 0.29) is 4.84 Å². The highest BCUT2D eigenvalue weighted by molar-refractivity contribution is 7.71. The van der Waals surface area contributed by atoms with Crippen molar-refractivity contribution in [3.63, 3.8) is 0 Å². The molecule has 12 heavy (non-hydrogen) atoms. The summed E-state index contributed by atoms with van der Waals surface area (Å²) in [6.45, 7) is 1.93. The van der Waals surface area contributed by atoms with Gasteiger partial charge in [0.2, 0.25) is 0 Å². The first kappa shape index (κ1) is 7.63. The standard InChI is InChI=1S/C6H5N3OS2/c1-3-7-2-4(12-3)5-8-9-6(11)10-5/h2H,1H3,(H,9,11). The summed E-state index contributed by atoms with van der Waals surface area (Å²) in [5.74, 6) is 0.505. The molecule has 0 aliphatic carbocycles. The minimum absolute atomic E-state index is 0.288. The van der Waals surface area contributed by atoms with Crippen molar-refractivity contribution in [3.8, 4) is 10.8 Å². The predicted octanol–water partition coefficient (Wildman–Crippen LogP) is 2.16. The highest BCUT2D eigenvalue weighted by Crippen LogP contribution is 2.23. The summed E-state index contributed by atoms with van der Waals surface area (Å²) in [5, 5.41) is 7.41. The lowest BCUT2D eigenvalue weighted by Crippen LogP contribution is -1.70. The smallest absolute Gasteiger partial charge is 0.284 e. The van der Waals surface area contributed by atoms with Crippen molar-refractivity contribution in [1.82, 2.24) is 15.2 Å². The van der Waals surface area contributed by atoms with Gasteiger partial charge in [0.15, 0.2) is 0 Å². The zero-order valence-electron chi connectivity index (χ0n) is 6.20. The topological polar surface area (TPSA) is 54.7 Å². The Balaban J connectivity index is 2.50. The van der Waals surface area contributed by atoms with Gasteiger partial charge in [-0.05, 0) is 19.1 Å². The fourth-order valence-electron chi connectivity index (χ4n) is 0.795. The first-order valence-electron chi connectivity index (χ1n) is 3.24. The average Bonchev–Trinajstić information content (AvgIpc) is 2.58. The van der Waals surface area contributed by atoms with Crippen LogP contribution in [-0.2, 0) is 0 Å². The molecule has 62 valence electrons. The molecule has 2 aromatic heterocycles. The Hall–Kier alpha value is -1.01. The summed E-state index contributed by atoms with van der Waals surface area (Å²) in [7, 11) is 0. The molecule has 0 aliphatic rings. The van der Waals surface area contributed by atoms with Gasteiger partial charge in [-0.3, -0.25) is 0 Å². The number of thiazole rings is 1. The molecule has 2 heterocycles. The molecule has 0 atom stereocenters. The SMILES string of the molecule is Cc1ncc(-c2n[nH]c(=S)o2)s1. The third kappa shape index (κ3) is 1.30. The van der Waals surface area contributed by atoms with E-state index >= 15 is 0 Å². The lowest BCUT2D eigenvalue weighted by molar-refractivity contribution is 0.553. The number of aromatic amines is 1. The van der Waals surface area contributed by atoms with Gasteiger partial charge in [-0.2, -0.15) is 0 Å². The number of nitrogens with one attached hydrogen (secondary N) is 1. The van der Waals surface area contributed by atoms with Gasteiger partial charge in [0.25, 0.3) is 10.7 Å². The second-order valence-corrected chi connectivity index (χ2v) is 3.77. The molecular weight excluding hydrogens is 194 g/mol. The maximum absolute atomic E-state index is 5.10. The van der Waals surface area contributed by atoms with Gasteiger partial charge in [0.05, 0.1) is 11.2 Å². The van der Waals surface area contributed by atoms with Crippen LogP contribution in [0.5, 0.6) is 0 Å². The Bertz CT molecular complexity index is 441. The third-order valence-corrected chi connectivity index (χ3v) is 2.35. The van der Waals surface area contributed by atoms with Gasteiger partial charge >= 0.3 is 0 Å². The van der Waals surface area contributed by atoms with Crippen LogP contribution in [0.2, 0.25) is 0 Å². The minimum atomic E-state index is 0.288. The second-order valence-electron chi connectivity index (χ2n) is 2.16. The molecule has 0 bridgehead atoms. The first-order valence-corrected chi connectivity index (χ1v) is 4.46. The number of hydrogen-bond acceptors (Lipinski definition) is 5. The molecule has 0 saturated heterocycles. The van der Waals surface area contributed by atoms with E-state index in [0.717, 1.165) is 9.88 Å². The predicted molar refractivity (Wildman–Crippen MR) is 47.5 cm³/mol. The number of hydrogen-bond donors (Lipinski definition) is 1. The molecule has 6 heteroatoms. The normalized spacial score (nSPS) is 10.4. The Morgan fingerprint density at radius 2 is 2.50 bits per heavy atom. The highest BCUT2D eigenvalue weighted by atomic mass is 32.1. The molecular formula is C6H5N3OS2. The fourth-order valence-corrected chi connectivity index (χ4v) is 1.62. The maximum atomic E-state index is 5.10. The van der Waals surface area contributed by atoms with E-state index in [0.29, 0.717) is 5.89 Å². The van der Waals surface area contributed by atoms with Crippen LogP contribution in [0.15, 0.2) is 10.6 Å². The van der Waals surface area contributed by atoms with Gasteiger partial charge in [0.1, 0.15) is 4.88 Å². The van der Waals surface area contributed by atoms with Crippen molar-refractivity contribution in [3.05, 3.63) is 16.0 Å². The van der Waals surface area contributed by atoms with Gasteiger partial charge in [-0.1, -0.05) is 0 Å². The van der Waals surface area contributed by atoms with Crippen LogP contribution in [0.4, 0.5) is 0 Å². The van der Waals surface area contributed by atoms with Crippen molar-refractivity contribution in [1.29, 1.82) is 0 Å². The van der Waals surface area contributed by atoms with E-state index in [1.54, 1.807) is 6.20 Å². The molecule has 0 fully saturated rings. The minimum Gasteiger partial charge on any atom is -0.408 e. The van der Waals surface area contributed by atoms with Crippen LogP contribution >= 0.6 is 23.6 Å². The van der Waals surface area contributed by atoms with Gasteiger partial charge in [-0.25, -0.2) is 10.1 Å². The van der Waals surface area contributed by atoms with Crippen molar-refractivity contribution < 1.29 is 4.42 Å². The summed E-state index contributed by atoms with van der Waals surface area (Å²) in [5.41, 5.74) is 0. The van der Waals surface area contributed by atoms with Crippen molar-refractivity contribution >= 4 is 23.6 Å². The molecule has 0 saturated carbocycles. The second kappa shape index (κ2) is 2.80. The van der Waals surface area contributed by atoms with Crippen LogP contribution in [0, 0.1) is 11.8 Å². The largest absolute Gasteiger partial charge is 0.408 e. The Morgan fingerprint density at radius 3 is 3.00 bits per heavy atom. The Kier molecular flexibility index (Phi) is 1.78. The molecule has 4 nitrogen and oxygen atoms in total. The number of aryl methyl sites for hydroxylation is 1.